The monoisotopic (exact) mass is 706 g/mol. The number of aryl methyl sites for hydroxylation is 5. The highest BCUT2D eigenvalue weighted by atomic mass is 15.2. The van der Waals surface area contributed by atoms with Gasteiger partial charge in [-0.1, -0.05) is 137 Å². The van der Waals surface area contributed by atoms with E-state index in [1.165, 1.54) is 73.6 Å². The molecule has 272 valence electrons. The molecule has 0 bridgehead atoms. The number of anilines is 5. The zero-order valence-electron chi connectivity index (χ0n) is 32.9. The number of allylic oxidation sites excluding steroid dienone is 6. The number of hydrogen-bond donors (Lipinski definition) is 0. The first-order valence-electron chi connectivity index (χ1n) is 19.6. The lowest BCUT2D eigenvalue weighted by Gasteiger charge is -2.35. The molecule has 5 aromatic carbocycles. The Hall–Kier alpha value is -5.60. The molecule has 7 rings (SSSR count). The normalized spacial score (nSPS) is 16.7. The summed E-state index contributed by atoms with van der Waals surface area (Å²) in [5.74, 6) is 0.646. The Kier molecular flexibility index (Phi) is 11.3. The van der Waals surface area contributed by atoms with Crippen molar-refractivity contribution in [1.29, 1.82) is 0 Å². The van der Waals surface area contributed by atoms with Crippen LogP contribution in [0.1, 0.15) is 71.6 Å². The molecule has 0 fully saturated rings. The van der Waals surface area contributed by atoms with Gasteiger partial charge in [-0.2, -0.15) is 0 Å². The molecule has 0 aromatic heterocycles. The topological polar surface area (TPSA) is 6.48 Å². The summed E-state index contributed by atoms with van der Waals surface area (Å²) in [5, 5.41) is 0. The van der Waals surface area contributed by atoms with Crippen LogP contribution in [-0.2, 0) is 0 Å². The third kappa shape index (κ3) is 8.77. The molecule has 2 aliphatic carbocycles. The predicted octanol–water partition coefficient (Wildman–Crippen LogP) is 14.6. The molecule has 2 nitrogen and oxygen atoms in total. The molecule has 2 aliphatic rings. The molecule has 0 aliphatic heterocycles. The van der Waals surface area contributed by atoms with Gasteiger partial charge in [0.05, 0.1) is 6.04 Å². The third-order valence-corrected chi connectivity index (χ3v) is 11.0. The summed E-state index contributed by atoms with van der Waals surface area (Å²) in [4.78, 5) is 4.93. The smallest absolute Gasteiger partial charge is 0.0560 e. The largest absolute Gasteiger partial charge is 0.334 e. The molecule has 0 N–H and O–H groups in total. The molecule has 5 aromatic rings. The van der Waals surface area contributed by atoms with Crippen LogP contribution in [0.2, 0.25) is 0 Å². The first-order chi connectivity index (χ1) is 26.2. The number of nitrogens with zero attached hydrogens (tertiary/aromatic N) is 2. The van der Waals surface area contributed by atoms with Crippen LogP contribution in [-0.4, -0.2) is 6.04 Å². The highest BCUT2D eigenvalue weighted by Gasteiger charge is 2.23. The van der Waals surface area contributed by atoms with Gasteiger partial charge in [-0.3, -0.25) is 0 Å². The first-order valence-corrected chi connectivity index (χ1v) is 19.6. The average Bonchev–Trinajstić information content (AvgIpc) is 3.18. The highest BCUT2D eigenvalue weighted by molar-refractivity contribution is 5.81. The van der Waals surface area contributed by atoms with Gasteiger partial charge in [0.15, 0.2) is 0 Å². The molecule has 2 heteroatoms. The summed E-state index contributed by atoms with van der Waals surface area (Å²) in [6.07, 6.45) is 23.2. The Morgan fingerprint density at radius 3 is 1.65 bits per heavy atom. The van der Waals surface area contributed by atoms with Crippen LogP contribution in [0.15, 0.2) is 157 Å². The van der Waals surface area contributed by atoms with Gasteiger partial charge >= 0.3 is 0 Å². The molecule has 1 unspecified atom stereocenters. The second kappa shape index (κ2) is 16.6. The molecule has 0 radical (unpaired) electrons. The highest BCUT2D eigenvalue weighted by Crippen LogP contribution is 2.40. The maximum atomic E-state index is 2.54. The molecule has 0 heterocycles. The van der Waals surface area contributed by atoms with E-state index in [2.05, 4.69) is 209 Å². The average molecular weight is 707 g/mol. The summed E-state index contributed by atoms with van der Waals surface area (Å²) >= 11 is 0. The van der Waals surface area contributed by atoms with Crippen LogP contribution in [0.5, 0.6) is 0 Å². The lowest BCUT2D eigenvalue weighted by Crippen LogP contribution is -2.30. The van der Waals surface area contributed by atoms with Crippen LogP contribution in [0.25, 0.3) is 12.2 Å². The van der Waals surface area contributed by atoms with E-state index in [9.17, 15) is 0 Å². The van der Waals surface area contributed by atoms with E-state index in [0.717, 1.165) is 30.6 Å². The van der Waals surface area contributed by atoms with E-state index < -0.39 is 0 Å². The number of rotatable bonds is 11. The molecule has 0 amide bonds. The van der Waals surface area contributed by atoms with Crippen molar-refractivity contribution in [3.05, 3.63) is 196 Å². The van der Waals surface area contributed by atoms with Gasteiger partial charge in [0, 0.05) is 28.4 Å². The summed E-state index contributed by atoms with van der Waals surface area (Å²) in [6.45, 7) is 13.1. The van der Waals surface area contributed by atoms with Crippen molar-refractivity contribution in [1.82, 2.24) is 0 Å². The zero-order chi connectivity index (χ0) is 37.6. The van der Waals surface area contributed by atoms with E-state index in [-0.39, 0.29) is 6.04 Å². The van der Waals surface area contributed by atoms with E-state index in [1.54, 1.807) is 0 Å². The quantitative estimate of drug-likeness (QED) is 0.126. The molecule has 2 atom stereocenters. The maximum Gasteiger partial charge on any atom is 0.0560 e. The number of hydrogen-bond acceptors (Lipinski definition) is 2. The second-order valence-corrected chi connectivity index (χ2v) is 15.4. The summed E-state index contributed by atoms with van der Waals surface area (Å²) in [5.41, 5.74) is 17.5. The minimum atomic E-state index is 0.233. The molecular weight excluding hydrogens is 653 g/mol. The Labute approximate surface area is 324 Å². The lowest BCUT2D eigenvalue weighted by molar-refractivity contribution is 0.590. The van der Waals surface area contributed by atoms with Crippen LogP contribution >= 0.6 is 0 Å². The standard InChI is InChI=1S/C52H54N2/c1-37-7-13-43(14-8-37)17-19-45-21-25-47(26-22-45)53(51-33-11-39(3)35-41(51)5)49-29-31-50(32-30-49)54(52-34-12-40(4)36-42(52)6)48-27-23-46(24-28-48)20-18-44-15-9-38(2)10-16-44/h7-15,17,19,21-27,29-36,44,48H,16,18,20,28H2,1-6H3/b19-17+/t44?,48-/m0/s1. The third-order valence-electron chi connectivity index (χ3n) is 11.0. The predicted molar refractivity (Wildman–Crippen MR) is 235 cm³/mol. The van der Waals surface area contributed by atoms with Crippen molar-refractivity contribution >= 4 is 40.6 Å². The van der Waals surface area contributed by atoms with Crippen molar-refractivity contribution in [2.24, 2.45) is 5.92 Å². The first kappa shape index (κ1) is 36.7. The van der Waals surface area contributed by atoms with E-state index in [1.807, 2.05) is 0 Å². The van der Waals surface area contributed by atoms with Crippen LogP contribution in [0.4, 0.5) is 28.4 Å². The van der Waals surface area contributed by atoms with Crippen molar-refractivity contribution in [3.63, 3.8) is 0 Å². The van der Waals surface area contributed by atoms with Gasteiger partial charge in [-0.25, -0.2) is 0 Å². The van der Waals surface area contributed by atoms with Gasteiger partial charge in [0.25, 0.3) is 0 Å². The summed E-state index contributed by atoms with van der Waals surface area (Å²) in [7, 11) is 0. The Balaban J connectivity index is 1.17. The van der Waals surface area contributed by atoms with Crippen molar-refractivity contribution in [3.8, 4) is 0 Å². The van der Waals surface area contributed by atoms with Crippen LogP contribution in [0.3, 0.4) is 0 Å². The van der Waals surface area contributed by atoms with Crippen molar-refractivity contribution in [2.45, 2.75) is 73.3 Å². The molecule has 0 spiro atoms. The van der Waals surface area contributed by atoms with Crippen molar-refractivity contribution < 1.29 is 0 Å². The summed E-state index contributed by atoms with van der Waals surface area (Å²) < 4.78 is 0. The molecule has 0 saturated heterocycles. The maximum absolute atomic E-state index is 2.54. The molecular formula is C52H54N2. The fourth-order valence-corrected chi connectivity index (χ4v) is 7.80. The summed E-state index contributed by atoms with van der Waals surface area (Å²) in [6, 6.07) is 40.6. The van der Waals surface area contributed by atoms with Gasteiger partial charge in [0.1, 0.15) is 0 Å². The van der Waals surface area contributed by atoms with Crippen LogP contribution < -0.4 is 9.80 Å². The van der Waals surface area contributed by atoms with Crippen LogP contribution in [0, 0.1) is 40.5 Å². The number of benzene rings is 5. The van der Waals surface area contributed by atoms with Crippen molar-refractivity contribution in [2.75, 3.05) is 9.80 Å². The van der Waals surface area contributed by atoms with Gasteiger partial charge in [0.2, 0.25) is 0 Å². The molecule has 0 saturated carbocycles. The van der Waals surface area contributed by atoms with Gasteiger partial charge in [-0.05, 0) is 144 Å². The second-order valence-electron chi connectivity index (χ2n) is 15.4. The Morgan fingerprint density at radius 2 is 1.09 bits per heavy atom. The van der Waals surface area contributed by atoms with Gasteiger partial charge in [-0.15, -0.1) is 0 Å². The zero-order valence-corrected chi connectivity index (χ0v) is 32.9. The SMILES string of the molecule is CC1=CCC(CCC2=CC[C@@H](N(c3ccc(N(c4ccc(/C=C/c5ccc(C)cc5)cc4)c4ccc(C)cc4C)cc3)c3ccc(C)cc3C)C=C2)C=C1. The van der Waals surface area contributed by atoms with E-state index in [4.69, 9.17) is 0 Å². The Morgan fingerprint density at radius 1 is 0.537 bits per heavy atom. The fraction of sp³-hybridized carbons (Fsp3) is 0.231. The fourth-order valence-electron chi connectivity index (χ4n) is 7.80. The lowest BCUT2D eigenvalue weighted by atomic mass is 9.89. The molecule has 54 heavy (non-hydrogen) atoms. The Bertz CT molecular complexity index is 2230. The van der Waals surface area contributed by atoms with Gasteiger partial charge < -0.3 is 9.80 Å². The minimum absolute atomic E-state index is 0.233. The van der Waals surface area contributed by atoms with E-state index >= 15 is 0 Å². The minimum Gasteiger partial charge on any atom is -0.334 e. The van der Waals surface area contributed by atoms with E-state index in [0.29, 0.717) is 5.92 Å².